The van der Waals surface area contributed by atoms with Crippen LogP contribution in [0.3, 0.4) is 0 Å². The van der Waals surface area contributed by atoms with Crippen molar-refractivity contribution in [3.63, 3.8) is 0 Å². The predicted octanol–water partition coefficient (Wildman–Crippen LogP) is 4.11. The summed E-state index contributed by atoms with van der Waals surface area (Å²) in [6, 6.07) is 9.75. The van der Waals surface area contributed by atoms with E-state index >= 15 is 0 Å². The topological polar surface area (TPSA) is 55.4 Å². The molecule has 1 heterocycles. The van der Waals surface area contributed by atoms with E-state index in [1.165, 1.54) is 12.1 Å². The van der Waals surface area contributed by atoms with Gasteiger partial charge in [0.2, 0.25) is 10.0 Å². The molecule has 3 rings (SSSR count). The van der Waals surface area contributed by atoms with Crippen LogP contribution in [0.1, 0.15) is 30.5 Å². The second-order valence-corrected chi connectivity index (χ2v) is 8.56. The second-order valence-electron chi connectivity index (χ2n) is 6.81. The molecule has 0 radical (unpaired) electrons. The molecule has 0 amide bonds. The number of sulfonamides is 1. The van der Waals surface area contributed by atoms with Crippen LogP contribution in [-0.2, 0) is 10.0 Å². The van der Waals surface area contributed by atoms with E-state index in [0.717, 1.165) is 28.5 Å². The van der Waals surface area contributed by atoms with Gasteiger partial charge in [-0.1, -0.05) is 12.1 Å². The van der Waals surface area contributed by atoms with Gasteiger partial charge in [-0.2, -0.15) is 0 Å². The number of anilines is 1. The van der Waals surface area contributed by atoms with Gasteiger partial charge in [-0.15, -0.1) is 0 Å². The highest BCUT2D eigenvalue weighted by Crippen LogP contribution is 2.42. The molecule has 0 bridgehead atoms. The van der Waals surface area contributed by atoms with Gasteiger partial charge < -0.3 is 4.74 Å². The minimum absolute atomic E-state index is 0.291. The number of nitrogens with one attached hydrogen (secondary N) is 1. The zero-order valence-electron chi connectivity index (χ0n) is 14.6. The van der Waals surface area contributed by atoms with Crippen molar-refractivity contribution in [2.75, 3.05) is 11.0 Å². The fourth-order valence-corrected chi connectivity index (χ4v) is 3.59. The molecule has 25 heavy (non-hydrogen) atoms. The highest BCUT2D eigenvalue weighted by atomic mass is 32.2. The Bertz CT molecular complexity index is 961. The quantitative estimate of drug-likeness (QED) is 0.895. The van der Waals surface area contributed by atoms with Crippen molar-refractivity contribution in [3.8, 4) is 5.75 Å². The van der Waals surface area contributed by atoms with Crippen LogP contribution in [0.25, 0.3) is 5.57 Å². The maximum Gasteiger partial charge on any atom is 0.229 e. The highest BCUT2D eigenvalue weighted by molar-refractivity contribution is 7.92. The predicted molar refractivity (Wildman–Crippen MR) is 97.8 cm³/mol. The maximum absolute atomic E-state index is 13.3. The van der Waals surface area contributed by atoms with Crippen molar-refractivity contribution in [2.45, 2.75) is 26.4 Å². The minimum Gasteiger partial charge on any atom is -0.483 e. The first-order chi connectivity index (χ1) is 11.5. The number of rotatable bonds is 3. The third kappa shape index (κ3) is 3.85. The summed E-state index contributed by atoms with van der Waals surface area (Å²) in [5.41, 5.74) is 3.45. The van der Waals surface area contributed by atoms with Gasteiger partial charge in [0.15, 0.2) is 0 Å². The maximum atomic E-state index is 13.3. The summed E-state index contributed by atoms with van der Waals surface area (Å²) in [7, 11) is -3.38. The van der Waals surface area contributed by atoms with Gasteiger partial charge in [-0.3, -0.25) is 4.72 Å². The molecule has 1 aliphatic rings. The number of benzene rings is 2. The zero-order valence-corrected chi connectivity index (χ0v) is 15.4. The second kappa shape index (κ2) is 5.88. The van der Waals surface area contributed by atoms with E-state index in [9.17, 15) is 12.8 Å². The molecule has 0 fully saturated rings. The molecule has 0 aromatic heterocycles. The molecule has 0 unspecified atom stereocenters. The SMILES string of the molecule is Cc1cc(NS(C)(=O)=O)cc2c1C(c1ccc(F)cc1)=CC(C)(C)O2. The van der Waals surface area contributed by atoms with E-state index in [4.69, 9.17) is 4.74 Å². The Hall–Kier alpha value is -2.34. The van der Waals surface area contributed by atoms with Gasteiger partial charge in [0.05, 0.1) is 11.9 Å². The molecule has 1 aliphatic heterocycles. The number of hydrogen-bond donors (Lipinski definition) is 1. The molecule has 132 valence electrons. The molecular weight excluding hydrogens is 341 g/mol. The number of halogens is 1. The molecule has 2 aromatic rings. The zero-order chi connectivity index (χ0) is 18.4. The monoisotopic (exact) mass is 361 g/mol. The van der Waals surface area contributed by atoms with Crippen molar-refractivity contribution < 1.29 is 17.5 Å². The lowest BCUT2D eigenvalue weighted by molar-refractivity contribution is 0.158. The van der Waals surface area contributed by atoms with E-state index < -0.39 is 15.6 Å². The van der Waals surface area contributed by atoms with Crippen LogP contribution in [0.15, 0.2) is 42.5 Å². The van der Waals surface area contributed by atoms with Gasteiger partial charge in [0.1, 0.15) is 17.2 Å². The molecule has 2 aromatic carbocycles. The van der Waals surface area contributed by atoms with Crippen LogP contribution in [-0.4, -0.2) is 20.3 Å². The van der Waals surface area contributed by atoms with Crippen molar-refractivity contribution in [2.24, 2.45) is 0 Å². The summed E-state index contributed by atoms with van der Waals surface area (Å²) >= 11 is 0. The Morgan fingerprint density at radius 2 is 1.76 bits per heavy atom. The van der Waals surface area contributed by atoms with Crippen molar-refractivity contribution in [1.82, 2.24) is 0 Å². The lowest BCUT2D eigenvalue weighted by Gasteiger charge is -2.32. The molecule has 0 spiro atoms. The smallest absolute Gasteiger partial charge is 0.229 e. The highest BCUT2D eigenvalue weighted by Gasteiger charge is 2.29. The van der Waals surface area contributed by atoms with Crippen LogP contribution in [0, 0.1) is 12.7 Å². The third-order valence-corrected chi connectivity index (χ3v) is 4.50. The van der Waals surface area contributed by atoms with E-state index in [0.29, 0.717) is 11.4 Å². The van der Waals surface area contributed by atoms with E-state index in [2.05, 4.69) is 4.72 Å². The summed E-state index contributed by atoms with van der Waals surface area (Å²) < 4.78 is 44.9. The number of hydrogen-bond acceptors (Lipinski definition) is 3. The summed E-state index contributed by atoms with van der Waals surface area (Å²) in [6.45, 7) is 5.74. The Balaban J connectivity index is 2.17. The normalized spacial score (nSPS) is 15.8. The van der Waals surface area contributed by atoms with Gasteiger partial charge in [-0.25, -0.2) is 12.8 Å². The van der Waals surface area contributed by atoms with Crippen LogP contribution < -0.4 is 9.46 Å². The third-order valence-electron chi connectivity index (χ3n) is 3.89. The van der Waals surface area contributed by atoms with Crippen LogP contribution in [0.5, 0.6) is 5.75 Å². The lowest BCUT2D eigenvalue weighted by Crippen LogP contribution is -2.29. The Kier molecular flexibility index (Phi) is 4.11. The molecule has 1 N–H and O–H groups in total. The number of aryl methyl sites for hydroxylation is 1. The molecule has 0 saturated carbocycles. The molecule has 0 atom stereocenters. The Morgan fingerprint density at radius 1 is 1.12 bits per heavy atom. The first-order valence-corrected chi connectivity index (χ1v) is 9.74. The van der Waals surface area contributed by atoms with E-state index in [1.54, 1.807) is 24.3 Å². The number of ether oxygens (including phenoxy) is 1. The molecule has 0 saturated heterocycles. The summed E-state index contributed by atoms with van der Waals surface area (Å²) in [4.78, 5) is 0. The molecule has 6 heteroatoms. The standard InChI is InChI=1S/C19H20FNO3S/c1-12-9-15(21-25(4,22)23)10-17-18(12)16(11-19(2,3)24-17)13-5-7-14(20)8-6-13/h5-11,21H,1-4H3. The Labute approximate surface area is 147 Å². The van der Waals surface area contributed by atoms with E-state index in [-0.39, 0.29) is 5.82 Å². The van der Waals surface area contributed by atoms with Gasteiger partial charge in [-0.05, 0) is 61.7 Å². The van der Waals surface area contributed by atoms with Crippen molar-refractivity contribution >= 4 is 21.3 Å². The first-order valence-electron chi connectivity index (χ1n) is 7.85. The fraction of sp³-hybridized carbons (Fsp3) is 0.263. The largest absolute Gasteiger partial charge is 0.483 e. The van der Waals surface area contributed by atoms with Crippen LogP contribution >= 0.6 is 0 Å². The van der Waals surface area contributed by atoms with Crippen molar-refractivity contribution in [1.29, 1.82) is 0 Å². The first kappa shape index (κ1) is 17.5. The lowest BCUT2D eigenvalue weighted by atomic mass is 9.87. The fourth-order valence-electron chi connectivity index (χ4n) is 3.04. The summed E-state index contributed by atoms with van der Waals surface area (Å²) in [6.07, 6.45) is 3.11. The minimum atomic E-state index is -3.38. The van der Waals surface area contributed by atoms with Gasteiger partial charge in [0, 0.05) is 11.6 Å². The van der Waals surface area contributed by atoms with Gasteiger partial charge >= 0.3 is 0 Å². The van der Waals surface area contributed by atoms with Gasteiger partial charge in [0.25, 0.3) is 0 Å². The number of fused-ring (bicyclic) bond motifs is 1. The molecule has 4 nitrogen and oxygen atoms in total. The Morgan fingerprint density at radius 3 is 2.36 bits per heavy atom. The average Bonchev–Trinajstić information content (AvgIpc) is 2.43. The summed E-state index contributed by atoms with van der Waals surface area (Å²) in [5.74, 6) is 0.304. The van der Waals surface area contributed by atoms with E-state index in [1.807, 2.05) is 26.8 Å². The van der Waals surface area contributed by atoms with Crippen LogP contribution in [0.4, 0.5) is 10.1 Å². The summed E-state index contributed by atoms with van der Waals surface area (Å²) in [5, 5.41) is 0. The van der Waals surface area contributed by atoms with Crippen molar-refractivity contribution in [3.05, 3.63) is 65.0 Å². The molecule has 0 aliphatic carbocycles. The average molecular weight is 361 g/mol. The van der Waals surface area contributed by atoms with Crippen LogP contribution in [0.2, 0.25) is 0 Å². The molecular formula is C19H20FNO3S.